The third-order valence-corrected chi connectivity index (χ3v) is 4.80. The van der Waals surface area contributed by atoms with Crippen molar-refractivity contribution in [2.24, 2.45) is 11.3 Å². The van der Waals surface area contributed by atoms with Crippen molar-refractivity contribution in [1.29, 1.82) is 0 Å². The molecule has 24 heavy (non-hydrogen) atoms. The maximum absolute atomic E-state index is 10.00. The van der Waals surface area contributed by atoms with Crippen LogP contribution in [0.3, 0.4) is 0 Å². The molecule has 0 bridgehead atoms. The van der Waals surface area contributed by atoms with Gasteiger partial charge in [-0.05, 0) is 62.7 Å². The summed E-state index contributed by atoms with van der Waals surface area (Å²) in [4.78, 5) is 4.51. The molecule has 2 N–H and O–H groups in total. The molecule has 1 aromatic heterocycles. The first kappa shape index (κ1) is 20.3. The van der Waals surface area contributed by atoms with E-state index in [1.807, 2.05) is 20.8 Å². The van der Waals surface area contributed by atoms with Gasteiger partial charge in [0, 0.05) is 6.04 Å². The molecule has 3 heteroatoms. The lowest BCUT2D eigenvalue weighted by atomic mass is 9.85. The predicted octanol–water partition coefficient (Wildman–Crippen LogP) is 5.70. The number of rotatable bonds is 5. The molecule has 3 nitrogen and oxygen atoms in total. The van der Waals surface area contributed by atoms with Gasteiger partial charge < -0.3 is 10.4 Å². The number of aryl methyl sites for hydroxylation is 1. The summed E-state index contributed by atoms with van der Waals surface area (Å²) in [6, 6.07) is 0.244. The molecular weight excluding hydrogens is 296 g/mol. The lowest BCUT2D eigenvalue weighted by Crippen LogP contribution is -2.24. The standard InChI is InChI=1S/C21H34N2O/c1-10-18(21(7,8)9)12-11-13(2)16(5)22-20-15(4)14(3)19(24)17(6)23-20/h10-13,16,24H,1-9H3,(H,22,23)/b12-11-,18-10+. The highest BCUT2D eigenvalue weighted by atomic mass is 16.3. The molecule has 0 spiro atoms. The molecule has 0 aliphatic rings. The number of nitrogens with zero attached hydrogens (tertiary/aromatic N) is 1. The van der Waals surface area contributed by atoms with Gasteiger partial charge in [-0.15, -0.1) is 0 Å². The number of anilines is 1. The number of aromatic nitrogens is 1. The van der Waals surface area contributed by atoms with Crippen LogP contribution < -0.4 is 5.32 Å². The fourth-order valence-electron chi connectivity index (χ4n) is 2.62. The SMILES string of the molecule is C/C=C(\C=C/C(C)C(C)Nc1nc(C)c(O)c(C)c1C)C(C)(C)C. The first-order valence-corrected chi connectivity index (χ1v) is 8.77. The minimum Gasteiger partial charge on any atom is -0.506 e. The fourth-order valence-corrected chi connectivity index (χ4v) is 2.62. The van der Waals surface area contributed by atoms with Gasteiger partial charge in [0.05, 0.1) is 5.69 Å². The van der Waals surface area contributed by atoms with Crippen LogP contribution in [-0.2, 0) is 0 Å². The van der Waals surface area contributed by atoms with Crippen molar-refractivity contribution in [2.45, 2.75) is 68.4 Å². The molecule has 2 unspecified atom stereocenters. The summed E-state index contributed by atoms with van der Waals surface area (Å²) in [5.41, 5.74) is 4.06. The van der Waals surface area contributed by atoms with E-state index in [4.69, 9.17) is 0 Å². The number of allylic oxidation sites excluding steroid dienone is 3. The zero-order chi connectivity index (χ0) is 18.7. The van der Waals surface area contributed by atoms with E-state index in [1.165, 1.54) is 5.57 Å². The highest BCUT2D eigenvalue weighted by Crippen LogP contribution is 2.29. The summed E-state index contributed by atoms with van der Waals surface area (Å²) in [5, 5.41) is 13.5. The molecule has 0 fully saturated rings. The van der Waals surface area contributed by atoms with Crippen molar-refractivity contribution in [3.05, 3.63) is 40.6 Å². The normalized spacial score (nSPS) is 15.6. The van der Waals surface area contributed by atoms with Crippen molar-refractivity contribution in [3.63, 3.8) is 0 Å². The second-order valence-electron chi connectivity index (χ2n) is 7.79. The lowest BCUT2D eigenvalue weighted by molar-refractivity contribution is 0.462. The van der Waals surface area contributed by atoms with Crippen LogP contribution in [0.5, 0.6) is 5.75 Å². The maximum atomic E-state index is 10.00. The Hall–Kier alpha value is -1.77. The minimum absolute atomic E-state index is 0.158. The van der Waals surface area contributed by atoms with E-state index < -0.39 is 0 Å². The molecule has 0 saturated heterocycles. The number of nitrogens with one attached hydrogen (secondary N) is 1. The van der Waals surface area contributed by atoms with Crippen LogP contribution in [0.15, 0.2) is 23.8 Å². The largest absolute Gasteiger partial charge is 0.506 e. The average molecular weight is 331 g/mol. The monoisotopic (exact) mass is 330 g/mol. The smallest absolute Gasteiger partial charge is 0.140 e. The van der Waals surface area contributed by atoms with Crippen molar-refractivity contribution in [1.82, 2.24) is 4.98 Å². The Morgan fingerprint density at radius 2 is 1.71 bits per heavy atom. The second kappa shape index (κ2) is 7.87. The van der Waals surface area contributed by atoms with Crippen molar-refractivity contribution < 1.29 is 5.11 Å². The van der Waals surface area contributed by atoms with E-state index in [1.54, 1.807) is 0 Å². The summed E-state index contributed by atoms with van der Waals surface area (Å²) < 4.78 is 0. The van der Waals surface area contributed by atoms with Crippen LogP contribution in [-0.4, -0.2) is 16.1 Å². The Balaban J connectivity index is 2.91. The van der Waals surface area contributed by atoms with E-state index in [0.717, 1.165) is 16.9 Å². The van der Waals surface area contributed by atoms with Crippen molar-refractivity contribution in [3.8, 4) is 5.75 Å². The zero-order valence-corrected chi connectivity index (χ0v) is 16.8. The molecule has 1 rings (SSSR count). The Bertz CT molecular complexity index is 636. The van der Waals surface area contributed by atoms with Crippen molar-refractivity contribution in [2.75, 3.05) is 5.32 Å². The number of pyridine rings is 1. The van der Waals surface area contributed by atoms with Crippen LogP contribution in [0.4, 0.5) is 5.82 Å². The van der Waals surface area contributed by atoms with Crippen LogP contribution in [0, 0.1) is 32.1 Å². The quantitative estimate of drug-likeness (QED) is 0.681. The fraction of sp³-hybridized carbons (Fsp3) is 0.571. The number of hydrogen-bond donors (Lipinski definition) is 2. The highest BCUT2D eigenvalue weighted by Gasteiger charge is 2.17. The molecule has 0 saturated carbocycles. The van der Waals surface area contributed by atoms with Gasteiger partial charge in [0.1, 0.15) is 11.6 Å². The van der Waals surface area contributed by atoms with Gasteiger partial charge in [0.2, 0.25) is 0 Å². The van der Waals surface area contributed by atoms with E-state index in [0.29, 0.717) is 17.4 Å². The Labute approximate surface area is 147 Å². The summed E-state index contributed by atoms with van der Waals surface area (Å²) in [5.74, 6) is 1.51. The first-order valence-electron chi connectivity index (χ1n) is 8.77. The third-order valence-electron chi connectivity index (χ3n) is 4.80. The molecular formula is C21H34N2O. The molecule has 1 heterocycles. The predicted molar refractivity (Wildman–Crippen MR) is 105 cm³/mol. The van der Waals surface area contributed by atoms with Gasteiger partial charge in [0.15, 0.2) is 0 Å². The number of aromatic hydroxyl groups is 1. The van der Waals surface area contributed by atoms with E-state index in [-0.39, 0.29) is 11.5 Å². The van der Waals surface area contributed by atoms with E-state index >= 15 is 0 Å². The highest BCUT2D eigenvalue weighted by molar-refractivity contribution is 5.54. The van der Waals surface area contributed by atoms with Crippen molar-refractivity contribution >= 4 is 5.82 Å². The van der Waals surface area contributed by atoms with Gasteiger partial charge in [-0.1, -0.05) is 45.9 Å². The Morgan fingerprint density at radius 3 is 2.21 bits per heavy atom. The van der Waals surface area contributed by atoms with Gasteiger partial charge >= 0.3 is 0 Å². The Kier molecular flexibility index (Phi) is 6.65. The van der Waals surface area contributed by atoms with Crippen LogP contribution in [0.25, 0.3) is 0 Å². The molecule has 1 aromatic rings. The van der Waals surface area contributed by atoms with Crippen LogP contribution in [0.1, 0.15) is 58.4 Å². The van der Waals surface area contributed by atoms with Gasteiger partial charge in [0.25, 0.3) is 0 Å². The Morgan fingerprint density at radius 1 is 1.12 bits per heavy atom. The van der Waals surface area contributed by atoms with Gasteiger partial charge in [-0.2, -0.15) is 0 Å². The van der Waals surface area contributed by atoms with Crippen LogP contribution in [0.2, 0.25) is 0 Å². The second-order valence-corrected chi connectivity index (χ2v) is 7.79. The molecule has 134 valence electrons. The molecule has 0 aliphatic carbocycles. The third kappa shape index (κ3) is 4.86. The maximum Gasteiger partial charge on any atom is 0.140 e. The van der Waals surface area contributed by atoms with Crippen LogP contribution >= 0.6 is 0 Å². The summed E-state index contributed by atoms with van der Waals surface area (Å²) in [6.45, 7) is 18.9. The minimum atomic E-state index is 0.158. The summed E-state index contributed by atoms with van der Waals surface area (Å²) >= 11 is 0. The summed E-state index contributed by atoms with van der Waals surface area (Å²) in [7, 11) is 0. The zero-order valence-electron chi connectivity index (χ0n) is 16.8. The lowest BCUT2D eigenvalue weighted by Gasteiger charge is -2.23. The van der Waals surface area contributed by atoms with E-state index in [2.05, 4.69) is 70.1 Å². The molecule has 0 amide bonds. The molecule has 0 aliphatic heterocycles. The molecule has 0 aromatic carbocycles. The van der Waals surface area contributed by atoms with Gasteiger partial charge in [-0.3, -0.25) is 0 Å². The average Bonchev–Trinajstić information content (AvgIpc) is 2.49. The summed E-state index contributed by atoms with van der Waals surface area (Å²) in [6.07, 6.45) is 6.67. The molecule has 0 radical (unpaired) electrons. The number of hydrogen-bond acceptors (Lipinski definition) is 3. The first-order chi connectivity index (χ1) is 11.0. The van der Waals surface area contributed by atoms with E-state index in [9.17, 15) is 5.11 Å². The molecule has 2 atom stereocenters. The topological polar surface area (TPSA) is 45.2 Å². The van der Waals surface area contributed by atoms with Gasteiger partial charge in [-0.25, -0.2) is 4.98 Å².